The first kappa shape index (κ1) is 12.4. The van der Waals surface area contributed by atoms with Gasteiger partial charge in [0.05, 0.1) is 26.5 Å². The molecule has 0 rings (SSSR count). The van der Waals surface area contributed by atoms with Crippen LogP contribution in [0.25, 0.3) is 0 Å². The third-order valence-electron chi connectivity index (χ3n) is 1.07. The van der Waals surface area contributed by atoms with Crippen LogP contribution in [0.15, 0.2) is 24.6 Å². The second-order valence-corrected chi connectivity index (χ2v) is 2.59. The fourth-order valence-corrected chi connectivity index (χ4v) is 0.818. The normalized spacial score (nSPS) is 12.4. The summed E-state index contributed by atoms with van der Waals surface area (Å²) in [5, 5.41) is 0. The Balaban J connectivity index is 0. The number of quaternary nitrogens is 1. The van der Waals surface area contributed by atoms with Gasteiger partial charge in [-0.05, 0) is 26.0 Å². The molecule has 2 heteroatoms. The van der Waals surface area contributed by atoms with Crippen LogP contribution in [0.4, 0.5) is 0 Å². The molecule has 0 heterocycles. The van der Waals surface area contributed by atoms with Crippen LogP contribution >= 0.6 is 0 Å². The Morgan fingerprint density at radius 3 is 1.40 bits per heavy atom. The van der Waals surface area contributed by atoms with E-state index in [0.29, 0.717) is 0 Å². The highest BCUT2D eigenvalue weighted by Gasteiger charge is 2.01. The van der Waals surface area contributed by atoms with Gasteiger partial charge in [-0.15, -0.1) is 0 Å². The molecule has 0 aromatic rings. The summed E-state index contributed by atoms with van der Waals surface area (Å²) in [6, 6.07) is 0. The summed E-state index contributed by atoms with van der Waals surface area (Å²) in [4.78, 5) is 0. The van der Waals surface area contributed by atoms with Crippen LogP contribution in [0.5, 0.6) is 0 Å². The number of allylic oxidation sites excluding steroid dienone is 2. The van der Waals surface area contributed by atoms with Crippen LogP contribution in [0.1, 0.15) is 13.8 Å². The second-order valence-electron chi connectivity index (χ2n) is 2.59. The summed E-state index contributed by atoms with van der Waals surface area (Å²) in [7, 11) is 4.25. The zero-order valence-corrected chi connectivity index (χ0v) is 7.89. The number of rotatable bonds is 2. The molecular weight excluding hydrogens is 146 g/mol. The standard InChI is InChI=1S/C8H16N.ClH/c1-5-7-9(3,4)8-6-2;/h5-8H,1-4H3;1H/q+1;/p-1. The van der Waals surface area contributed by atoms with Crippen LogP contribution in [-0.4, -0.2) is 18.6 Å². The summed E-state index contributed by atoms with van der Waals surface area (Å²) in [5.41, 5.74) is 0. The second kappa shape index (κ2) is 5.51. The summed E-state index contributed by atoms with van der Waals surface area (Å²) in [5.74, 6) is 0. The zero-order chi connectivity index (χ0) is 7.33. The number of hydrogen-bond donors (Lipinski definition) is 0. The molecule has 60 valence electrons. The van der Waals surface area contributed by atoms with Crippen molar-refractivity contribution in [1.82, 2.24) is 0 Å². The lowest BCUT2D eigenvalue weighted by Crippen LogP contribution is -3.00. The molecule has 0 atom stereocenters. The smallest absolute Gasteiger partial charge is 0.0956 e. The van der Waals surface area contributed by atoms with Crippen molar-refractivity contribution in [1.29, 1.82) is 0 Å². The van der Waals surface area contributed by atoms with E-state index in [1.165, 1.54) is 0 Å². The third-order valence-corrected chi connectivity index (χ3v) is 1.07. The Morgan fingerprint density at radius 1 is 0.900 bits per heavy atom. The Morgan fingerprint density at radius 2 is 1.20 bits per heavy atom. The fourth-order valence-electron chi connectivity index (χ4n) is 0.818. The van der Waals surface area contributed by atoms with Crippen molar-refractivity contribution in [3.05, 3.63) is 24.6 Å². The lowest BCUT2D eigenvalue weighted by molar-refractivity contribution is -0.784. The zero-order valence-electron chi connectivity index (χ0n) is 7.13. The van der Waals surface area contributed by atoms with E-state index in [0.717, 1.165) is 4.48 Å². The molecule has 0 fully saturated rings. The molecule has 1 nitrogen and oxygen atoms in total. The summed E-state index contributed by atoms with van der Waals surface area (Å²) in [6.45, 7) is 4.06. The van der Waals surface area contributed by atoms with Gasteiger partial charge in [0.15, 0.2) is 0 Å². The van der Waals surface area contributed by atoms with Crippen molar-refractivity contribution in [2.24, 2.45) is 0 Å². The van der Waals surface area contributed by atoms with Crippen molar-refractivity contribution >= 4 is 0 Å². The molecule has 0 saturated heterocycles. The van der Waals surface area contributed by atoms with Gasteiger partial charge in [0.2, 0.25) is 0 Å². The van der Waals surface area contributed by atoms with Crippen molar-refractivity contribution in [2.75, 3.05) is 14.1 Å². The molecule has 0 aliphatic heterocycles. The van der Waals surface area contributed by atoms with E-state index < -0.39 is 0 Å². The average Bonchev–Trinajstić information content (AvgIpc) is 1.64. The average molecular weight is 162 g/mol. The van der Waals surface area contributed by atoms with E-state index in [4.69, 9.17) is 0 Å². The van der Waals surface area contributed by atoms with E-state index in [9.17, 15) is 0 Å². The van der Waals surface area contributed by atoms with Crippen molar-refractivity contribution in [3.8, 4) is 0 Å². The van der Waals surface area contributed by atoms with E-state index in [2.05, 4.69) is 38.6 Å². The van der Waals surface area contributed by atoms with E-state index in [-0.39, 0.29) is 12.4 Å². The van der Waals surface area contributed by atoms with Gasteiger partial charge in [0, 0.05) is 0 Å². The van der Waals surface area contributed by atoms with Gasteiger partial charge in [0.25, 0.3) is 0 Å². The fraction of sp³-hybridized carbons (Fsp3) is 0.500. The summed E-state index contributed by atoms with van der Waals surface area (Å²) >= 11 is 0. The van der Waals surface area contributed by atoms with Crippen LogP contribution in [0.2, 0.25) is 0 Å². The third kappa shape index (κ3) is 5.86. The van der Waals surface area contributed by atoms with Crippen molar-refractivity contribution < 1.29 is 16.9 Å². The van der Waals surface area contributed by atoms with Crippen LogP contribution in [0.3, 0.4) is 0 Å². The predicted octanol–water partition coefficient (Wildman–Crippen LogP) is -0.866. The summed E-state index contributed by atoms with van der Waals surface area (Å²) < 4.78 is 0.826. The summed E-state index contributed by atoms with van der Waals surface area (Å²) in [6.07, 6.45) is 8.36. The van der Waals surface area contributed by atoms with E-state index in [1.54, 1.807) is 0 Å². The van der Waals surface area contributed by atoms with Gasteiger partial charge in [-0.2, -0.15) is 0 Å². The topological polar surface area (TPSA) is 0 Å². The minimum Gasteiger partial charge on any atom is -1.00 e. The molecule has 0 saturated carbocycles. The Bertz CT molecular complexity index is 111. The molecule has 0 aliphatic carbocycles. The predicted molar refractivity (Wildman–Crippen MR) is 41.7 cm³/mol. The maximum atomic E-state index is 2.12. The van der Waals surface area contributed by atoms with Gasteiger partial charge in [-0.3, -0.25) is 4.48 Å². The molecule has 0 bridgehead atoms. The Kier molecular flexibility index (Phi) is 6.84. The van der Waals surface area contributed by atoms with Crippen molar-refractivity contribution in [2.45, 2.75) is 13.8 Å². The molecule has 0 aliphatic rings. The first-order valence-corrected chi connectivity index (χ1v) is 3.23. The Labute approximate surface area is 70.0 Å². The number of hydrogen-bond acceptors (Lipinski definition) is 0. The molecule has 0 amide bonds. The van der Waals surface area contributed by atoms with Gasteiger partial charge in [-0.1, -0.05) is 0 Å². The van der Waals surface area contributed by atoms with Crippen molar-refractivity contribution in [3.63, 3.8) is 0 Å². The first-order chi connectivity index (χ1) is 4.12. The lowest BCUT2D eigenvalue weighted by atomic mass is 10.5. The molecule has 0 radical (unpaired) electrons. The highest BCUT2D eigenvalue weighted by atomic mass is 35.5. The van der Waals surface area contributed by atoms with Crippen LogP contribution in [0, 0.1) is 0 Å². The number of nitrogens with zero attached hydrogens (tertiary/aromatic N) is 1. The SMILES string of the molecule is CC=C[N+](C)(C)C=CC.[Cl-]. The number of halogens is 1. The highest BCUT2D eigenvalue weighted by molar-refractivity contribution is 4.74. The first-order valence-electron chi connectivity index (χ1n) is 3.23. The molecule has 10 heavy (non-hydrogen) atoms. The quantitative estimate of drug-likeness (QED) is 0.463. The minimum absolute atomic E-state index is 0. The lowest BCUT2D eigenvalue weighted by Gasteiger charge is -2.18. The molecule has 0 N–H and O–H groups in total. The van der Waals surface area contributed by atoms with Crippen LogP contribution < -0.4 is 12.4 Å². The van der Waals surface area contributed by atoms with Gasteiger partial charge >= 0.3 is 0 Å². The maximum Gasteiger partial charge on any atom is 0.0956 e. The van der Waals surface area contributed by atoms with Gasteiger partial charge < -0.3 is 12.4 Å². The minimum atomic E-state index is 0. The van der Waals surface area contributed by atoms with Gasteiger partial charge in [-0.25, -0.2) is 0 Å². The monoisotopic (exact) mass is 161 g/mol. The molecule has 0 spiro atoms. The van der Waals surface area contributed by atoms with Crippen LogP contribution in [-0.2, 0) is 0 Å². The Hall–Kier alpha value is -0.270. The molecular formula is C8H16ClN. The van der Waals surface area contributed by atoms with Gasteiger partial charge in [0.1, 0.15) is 0 Å². The highest BCUT2D eigenvalue weighted by Crippen LogP contribution is 1.98. The van der Waals surface area contributed by atoms with E-state index >= 15 is 0 Å². The maximum absolute atomic E-state index is 2.12. The molecule has 0 aromatic carbocycles. The van der Waals surface area contributed by atoms with E-state index in [1.807, 2.05) is 13.8 Å². The largest absolute Gasteiger partial charge is 1.00 e. The molecule has 0 aromatic heterocycles. The molecule has 0 unspecified atom stereocenters.